The van der Waals surface area contributed by atoms with Gasteiger partial charge in [-0.15, -0.1) is 0 Å². The highest BCUT2D eigenvalue weighted by molar-refractivity contribution is 6.24. The minimum absolute atomic E-state index is 0.00935. The van der Waals surface area contributed by atoms with Crippen molar-refractivity contribution in [1.82, 2.24) is 0 Å². The molecule has 5 aliphatic carbocycles. The number of hydrogen-bond donors (Lipinski definition) is 0. The van der Waals surface area contributed by atoms with E-state index in [1.165, 1.54) is 12.0 Å². The Kier molecular flexibility index (Phi) is 1.14. The van der Waals surface area contributed by atoms with Crippen LogP contribution in [0, 0.1) is 47.3 Å². The maximum atomic E-state index is 7.05. The monoisotopic (exact) mass is 270 g/mol. The first-order valence-electron chi connectivity index (χ1n) is 7.73. The molecule has 7 fully saturated rings. The maximum absolute atomic E-state index is 7.05. The summed E-state index contributed by atoms with van der Waals surface area (Å²) in [5, 5.41) is -0.276. The molecule has 1 aromatic carbocycles. The van der Waals surface area contributed by atoms with E-state index in [9.17, 15) is 0 Å². The molecule has 0 amide bonds. The van der Waals surface area contributed by atoms with Gasteiger partial charge in [-0.25, -0.2) is 0 Å². The molecular formula is C17H15ClO. The molecular weight excluding hydrogens is 256 g/mol. The lowest BCUT2D eigenvalue weighted by atomic mass is 9.56. The summed E-state index contributed by atoms with van der Waals surface area (Å²) in [6.07, 6.45) is 1.46. The second-order valence-electron chi connectivity index (χ2n) is 7.78. The Morgan fingerprint density at radius 1 is 0.947 bits per heavy atom. The van der Waals surface area contributed by atoms with Crippen LogP contribution in [0.15, 0.2) is 30.3 Å². The van der Waals surface area contributed by atoms with E-state index in [1.807, 2.05) is 0 Å². The van der Waals surface area contributed by atoms with Crippen molar-refractivity contribution in [1.29, 1.82) is 0 Å². The van der Waals surface area contributed by atoms with Gasteiger partial charge in [0.25, 0.3) is 0 Å². The normalized spacial score (nSPS) is 71.4. The zero-order chi connectivity index (χ0) is 12.1. The van der Waals surface area contributed by atoms with Gasteiger partial charge in [-0.3, -0.25) is 0 Å². The summed E-state index contributed by atoms with van der Waals surface area (Å²) >= 11 is 7.05. The molecule has 2 saturated heterocycles. The van der Waals surface area contributed by atoms with Crippen molar-refractivity contribution in [3.63, 3.8) is 0 Å². The first-order chi connectivity index (χ1) is 9.28. The van der Waals surface area contributed by atoms with Crippen LogP contribution >= 0.6 is 11.6 Å². The highest BCUT2D eigenvalue weighted by Gasteiger charge is 2.97. The average Bonchev–Trinajstić information content (AvgIpc) is 3.01. The Morgan fingerprint density at radius 2 is 1.68 bits per heavy atom. The first kappa shape index (κ1) is 9.41. The second kappa shape index (κ2) is 2.29. The number of rotatable bonds is 1. The van der Waals surface area contributed by atoms with E-state index in [4.69, 9.17) is 16.3 Å². The molecule has 0 aromatic heterocycles. The molecule has 0 unspecified atom stereocenters. The fourth-order valence-electron chi connectivity index (χ4n) is 8.15. The summed E-state index contributed by atoms with van der Waals surface area (Å²) in [5.74, 6) is 6.57. The van der Waals surface area contributed by atoms with Gasteiger partial charge in [0, 0.05) is 23.7 Å². The molecule has 0 radical (unpaired) electrons. The Hall–Kier alpha value is -0.530. The molecule has 2 heteroatoms. The molecule has 19 heavy (non-hydrogen) atoms. The van der Waals surface area contributed by atoms with E-state index < -0.39 is 0 Å². The Labute approximate surface area is 117 Å². The Bertz CT molecular complexity index is 644. The van der Waals surface area contributed by atoms with Crippen LogP contribution in [0.5, 0.6) is 0 Å². The van der Waals surface area contributed by atoms with Crippen molar-refractivity contribution >= 4 is 11.6 Å². The van der Waals surface area contributed by atoms with Crippen LogP contribution < -0.4 is 0 Å². The Balaban J connectivity index is 1.59. The molecule has 8 rings (SSSR count). The molecule has 2 aliphatic heterocycles. The standard InChI is InChI=1S/C17H15ClO/c18-17-13-9-6-8-10-11(9)15(17)14(10)16(19-17,12(8)13)7-4-2-1-3-5-7/h1-5,8-15H,6H2/t8-,9+,10-,11+,12+,13+,14-,15+,16-,17+/m1/s1. The lowest BCUT2D eigenvalue weighted by Crippen LogP contribution is -2.49. The predicted octanol–water partition coefficient (Wildman–Crippen LogP) is 3.23. The molecule has 0 spiro atoms. The van der Waals surface area contributed by atoms with Crippen molar-refractivity contribution in [2.24, 2.45) is 47.3 Å². The van der Waals surface area contributed by atoms with Crippen molar-refractivity contribution in [3.8, 4) is 0 Å². The number of benzene rings is 1. The molecule has 1 aromatic rings. The van der Waals surface area contributed by atoms with Crippen molar-refractivity contribution < 1.29 is 4.74 Å². The smallest absolute Gasteiger partial charge is 0.149 e. The minimum atomic E-state index is -0.276. The van der Waals surface area contributed by atoms with Crippen molar-refractivity contribution in [2.75, 3.05) is 0 Å². The van der Waals surface area contributed by atoms with Gasteiger partial charge >= 0.3 is 0 Å². The van der Waals surface area contributed by atoms with Gasteiger partial charge < -0.3 is 4.74 Å². The number of ether oxygens (including phenoxy) is 1. The van der Waals surface area contributed by atoms with E-state index in [2.05, 4.69) is 30.3 Å². The molecule has 2 heterocycles. The fourth-order valence-corrected chi connectivity index (χ4v) is 8.85. The lowest BCUT2D eigenvalue weighted by Gasteiger charge is -2.46. The molecule has 7 aliphatic rings. The first-order valence-corrected chi connectivity index (χ1v) is 8.11. The Morgan fingerprint density at radius 3 is 2.53 bits per heavy atom. The summed E-state index contributed by atoms with van der Waals surface area (Å²) in [4.78, 5) is 0. The van der Waals surface area contributed by atoms with Crippen molar-refractivity contribution in [2.45, 2.75) is 17.1 Å². The average molecular weight is 271 g/mol. The summed E-state index contributed by atoms with van der Waals surface area (Å²) < 4.78 is 6.69. The molecule has 96 valence electrons. The third-order valence-electron chi connectivity index (χ3n) is 7.95. The van der Waals surface area contributed by atoms with E-state index in [1.54, 1.807) is 0 Å². The molecule has 0 N–H and O–H groups in total. The van der Waals surface area contributed by atoms with Gasteiger partial charge in [0.1, 0.15) is 10.7 Å². The summed E-state index contributed by atoms with van der Waals surface area (Å²) in [5.41, 5.74) is 1.43. The minimum Gasteiger partial charge on any atom is -0.347 e. The van der Waals surface area contributed by atoms with Crippen LogP contribution in [0.1, 0.15) is 12.0 Å². The number of alkyl halides is 1. The third kappa shape index (κ3) is 0.600. The zero-order valence-corrected chi connectivity index (χ0v) is 11.3. The number of halogens is 1. The number of hydrogen-bond acceptors (Lipinski definition) is 1. The highest BCUT2D eigenvalue weighted by Crippen LogP contribution is 2.95. The topological polar surface area (TPSA) is 9.23 Å². The zero-order valence-electron chi connectivity index (χ0n) is 10.5. The van der Waals surface area contributed by atoms with Crippen LogP contribution in [-0.2, 0) is 10.3 Å². The maximum Gasteiger partial charge on any atom is 0.149 e. The van der Waals surface area contributed by atoms with Crippen LogP contribution in [0.4, 0.5) is 0 Å². The van der Waals surface area contributed by atoms with E-state index >= 15 is 0 Å². The molecule has 1 nitrogen and oxygen atoms in total. The van der Waals surface area contributed by atoms with Gasteiger partial charge in [0.2, 0.25) is 0 Å². The second-order valence-corrected chi connectivity index (χ2v) is 8.37. The highest BCUT2D eigenvalue weighted by atomic mass is 35.5. The third-order valence-corrected chi connectivity index (χ3v) is 8.53. The van der Waals surface area contributed by atoms with Gasteiger partial charge in [0.05, 0.1) is 0 Å². The summed E-state index contributed by atoms with van der Waals surface area (Å²) in [6, 6.07) is 11.0. The van der Waals surface area contributed by atoms with Crippen molar-refractivity contribution in [3.05, 3.63) is 35.9 Å². The molecule has 5 saturated carbocycles. The van der Waals surface area contributed by atoms with Gasteiger partial charge in [-0.2, -0.15) is 0 Å². The van der Waals surface area contributed by atoms with E-state index in [-0.39, 0.29) is 10.7 Å². The molecule has 4 bridgehead atoms. The summed E-state index contributed by atoms with van der Waals surface area (Å²) in [6.45, 7) is 0. The predicted molar refractivity (Wildman–Crippen MR) is 70.3 cm³/mol. The van der Waals surface area contributed by atoms with Crippen LogP contribution in [0.2, 0.25) is 0 Å². The fraction of sp³-hybridized carbons (Fsp3) is 0.647. The van der Waals surface area contributed by atoms with Crippen LogP contribution in [-0.4, -0.2) is 5.06 Å². The van der Waals surface area contributed by atoms with Crippen LogP contribution in [0.3, 0.4) is 0 Å². The molecule has 10 atom stereocenters. The van der Waals surface area contributed by atoms with Gasteiger partial charge in [0.15, 0.2) is 0 Å². The SMILES string of the molecule is Cl[C@@]12O[C@@]3(c4ccccc4)[C@@H]4[C@@H]5[C@H]6C[C@@H]([C@@H]5[C@@H]41)[C@H]2[C@H]63. The van der Waals surface area contributed by atoms with Crippen LogP contribution in [0.25, 0.3) is 0 Å². The van der Waals surface area contributed by atoms with E-state index in [0.29, 0.717) is 11.8 Å². The summed E-state index contributed by atoms with van der Waals surface area (Å²) in [7, 11) is 0. The lowest BCUT2D eigenvalue weighted by molar-refractivity contribution is -0.0441. The van der Waals surface area contributed by atoms with E-state index in [0.717, 1.165) is 35.5 Å². The largest absolute Gasteiger partial charge is 0.347 e. The quantitative estimate of drug-likeness (QED) is 0.712. The van der Waals surface area contributed by atoms with Gasteiger partial charge in [-0.1, -0.05) is 41.9 Å². The van der Waals surface area contributed by atoms with Gasteiger partial charge in [-0.05, 0) is 35.7 Å².